The predicted molar refractivity (Wildman–Crippen MR) is 97.1 cm³/mol. The second-order valence-electron chi connectivity index (χ2n) is 8.31. The molecule has 4 atom stereocenters. The minimum Gasteiger partial charge on any atom is -0.391 e. The Morgan fingerprint density at radius 2 is 2.00 bits per heavy atom. The van der Waals surface area contributed by atoms with E-state index in [0.29, 0.717) is 12.5 Å². The zero-order valence-corrected chi connectivity index (χ0v) is 16.5. The number of hydrogen-bond acceptors (Lipinski definition) is 5. The fourth-order valence-electron chi connectivity index (χ4n) is 4.23. The van der Waals surface area contributed by atoms with Crippen molar-refractivity contribution in [2.24, 2.45) is 5.92 Å². The number of aliphatic hydroxyl groups excluding tert-OH is 1. The number of rotatable bonds is 7. The Morgan fingerprint density at radius 1 is 1.36 bits per heavy atom. The van der Waals surface area contributed by atoms with E-state index in [9.17, 15) is 14.7 Å². The van der Waals surface area contributed by atoms with Gasteiger partial charge in [-0.3, -0.25) is 19.4 Å². The molecule has 25 heavy (non-hydrogen) atoms. The van der Waals surface area contributed by atoms with E-state index < -0.39 is 12.1 Å². The van der Waals surface area contributed by atoms with E-state index >= 15 is 0 Å². The summed E-state index contributed by atoms with van der Waals surface area (Å²) < 4.78 is 0. The summed E-state index contributed by atoms with van der Waals surface area (Å²) in [6.45, 7) is 8.23. The number of aliphatic hydroxyl groups is 1. The number of β-lactam (4-membered cyclic amide) rings is 1. The fourth-order valence-corrected chi connectivity index (χ4v) is 4.23. The van der Waals surface area contributed by atoms with Crippen LogP contribution in [0, 0.1) is 5.92 Å². The third kappa shape index (κ3) is 3.83. The summed E-state index contributed by atoms with van der Waals surface area (Å²) in [5.41, 5.74) is -0.359. The highest BCUT2D eigenvalue weighted by atomic mass is 16.3. The summed E-state index contributed by atoms with van der Waals surface area (Å²) in [5.74, 6) is 0.504. The van der Waals surface area contributed by atoms with Crippen molar-refractivity contribution in [3.63, 3.8) is 0 Å². The first-order valence-electron chi connectivity index (χ1n) is 9.24. The average Bonchev–Trinajstić information content (AvgIpc) is 2.85. The van der Waals surface area contributed by atoms with Crippen molar-refractivity contribution in [1.29, 1.82) is 0 Å². The molecule has 2 rings (SSSR count). The molecular weight excluding hydrogens is 320 g/mol. The molecule has 2 fully saturated rings. The van der Waals surface area contributed by atoms with Crippen LogP contribution in [0.15, 0.2) is 0 Å². The van der Waals surface area contributed by atoms with E-state index in [-0.39, 0.29) is 23.4 Å². The van der Waals surface area contributed by atoms with Crippen molar-refractivity contribution >= 4 is 11.8 Å². The van der Waals surface area contributed by atoms with Crippen molar-refractivity contribution in [2.45, 2.75) is 57.3 Å². The standard InChI is InChI=1S/C18H34N4O3/c1-12(2)9-22-14(7-8-18(22)11-19-17(18)25)10-21(6)15(13(3)23)16(24)20(4)5/h12-15,23H,7-11H2,1-6H3,(H,19,25)/t13-,14?,15+,18?/m1/s1. The molecule has 0 aromatic carbocycles. The van der Waals surface area contributed by atoms with Gasteiger partial charge in [0.2, 0.25) is 11.8 Å². The van der Waals surface area contributed by atoms with Crippen LogP contribution in [-0.2, 0) is 9.59 Å². The van der Waals surface area contributed by atoms with Gasteiger partial charge in [-0.15, -0.1) is 0 Å². The number of amides is 2. The van der Waals surface area contributed by atoms with Gasteiger partial charge in [-0.1, -0.05) is 13.8 Å². The van der Waals surface area contributed by atoms with Crippen molar-refractivity contribution in [3.05, 3.63) is 0 Å². The van der Waals surface area contributed by atoms with Crippen LogP contribution in [0.1, 0.15) is 33.6 Å². The van der Waals surface area contributed by atoms with Crippen LogP contribution in [0.2, 0.25) is 0 Å². The first-order valence-corrected chi connectivity index (χ1v) is 9.24. The molecule has 0 aromatic rings. The topological polar surface area (TPSA) is 76.1 Å². The highest BCUT2D eigenvalue weighted by molar-refractivity contribution is 5.93. The van der Waals surface area contributed by atoms with Crippen molar-refractivity contribution < 1.29 is 14.7 Å². The summed E-state index contributed by atoms with van der Waals surface area (Å²) in [6.07, 6.45) is 1.05. The van der Waals surface area contributed by atoms with Crippen LogP contribution in [0.4, 0.5) is 0 Å². The third-order valence-electron chi connectivity index (χ3n) is 5.53. The predicted octanol–water partition coefficient (Wildman–Crippen LogP) is -0.255. The molecule has 0 saturated carbocycles. The molecule has 2 saturated heterocycles. The van der Waals surface area contributed by atoms with Gasteiger partial charge in [-0.05, 0) is 32.7 Å². The van der Waals surface area contributed by atoms with Crippen molar-refractivity contribution in [1.82, 2.24) is 20.0 Å². The number of hydrogen-bond donors (Lipinski definition) is 2. The van der Waals surface area contributed by atoms with Gasteiger partial charge in [0.25, 0.3) is 0 Å². The summed E-state index contributed by atoms with van der Waals surface area (Å²) in [4.78, 5) is 30.5. The molecule has 2 aliphatic rings. The van der Waals surface area contributed by atoms with Crippen LogP contribution >= 0.6 is 0 Å². The van der Waals surface area contributed by atoms with Gasteiger partial charge < -0.3 is 15.3 Å². The first-order chi connectivity index (χ1) is 11.6. The number of carbonyl (C=O) groups is 2. The molecule has 0 aliphatic carbocycles. The monoisotopic (exact) mass is 354 g/mol. The lowest BCUT2D eigenvalue weighted by Crippen LogP contribution is -2.72. The van der Waals surface area contributed by atoms with Crippen LogP contribution in [0.3, 0.4) is 0 Å². The van der Waals surface area contributed by atoms with Crippen LogP contribution < -0.4 is 5.32 Å². The molecule has 1 spiro atoms. The maximum atomic E-state index is 12.5. The highest BCUT2D eigenvalue weighted by Gasteiger charge is 2.56. The SMILES string of the molecule is CC(C)CN1C(CN(C)[C@H](C(=O)N(C)C)[C@@H](C)O)CCC12CNC2=O. The van der Waals surface area contributed by atoms with E-state index in [1.807, 2.05) is 11.9 Å². The van der Waals surface area contributed by atoms with Gasteiger partial charge >= 0.3 is 0 Å². The molecule has 2 amide bonds. The summed E-state index contributed by atoms with van der Waals surface area (Å²) >= 11 is 0. The van der Waals surface area contributed by atoms with E-state index in [2.05, 4.69) is 24.1 Å². The molecule has 7 nitrogen and oxygen atoms in total. The van der Waals surface area contributed by atoms with Gasteiger partial charge in [0.15, 0.2) is 0 Å². The number of nitrogens with zero attached hydrogens (tertiary/aromatic N) is 3. The van der Waals surface area contributed by atoms with Gasteiger partial charge in [-0.2, -0.15) is 0 Å². The maximum Gasteiger partial charge on any atom is 0.242 e. The average molecular weight is 354 g/mol. The molecule has 2 N–H and O–H groups in total. The van der Waals surface area contributed by atoms with Crippen LogP contribution in [-0.4, -0.2) is 96.1 Å². The minimum atomic E-state index is -0.749. The highest BCUT2D eigenvalue weighted by Crippen LogP contribution is 2.38. The van der Waals surface area contributed by atoms with Gasteiger partial charge in [-0.25, -0.2) is 0 Å². The van der Waals surface area contributed by atoms with E-state index in [1.54, 1.807) is 21.0 Å². The normalized spacial score (nSPS) is 29.0. The van der Waals surface area contributed by atoms with Gasteiger partial charge in [0.1, 0.15) is 11.6 Å². The maximum absolute atomic E-state index is 12.5. The fraction of sp³-hybridized carbons (Fsp3) is 0.889. The zero-order chi connectivity index (χ0) is 18.9. The molecule has 2 aliphatic heterocycles. The lowest BCUT2D eigenvalue weighted by Gasteiger charge is -2.47. The summed E-state index contributed by atoms with van der Waals surface area (Å²) in [6, 6.07) is -0.350. The molecule has 0 aromatic heterocycles. The minimum absolute atomic E-state index is 0.0954. The number of likely N-dealkylation sites (N-methyl/N-ethyl adjacent to an activating group) is 2. The Labute approximate surface area is 151 Å². The number of carbonyl (C=O) groups excluding carboxylic acids is 2. The molecule has 2 unspecified atom stereocenters. The number of likely N-dealkylation sites (tertiary alicyclic amines) is 1. The summed E-state index contributed by atoms with van der Waals surface area (Å²) in [7, 11) is 5.30. The summed E-state index contributed by atoms with van der Waals surface area (Å²) in [5, 5.41) is 13.0. The smallest absolute Gasteiger partial charge is 0.242 e. The van der Waals surface area contributed by atoms with Crippen molar-refractivity contribution in [2.75, 3.05) is 40.8 Å². The quantitative estimate of drug-likeness (QED) is 0.617. The molecule has 7 heteroatoms. The number of nitrogens with one attached hydrogen (secondary N) is 1. The van der Waals surface area contributed by atoms with E-state index in [1.165, 1.54) is 4.90 Å². The molecular formula is C18H34N4O3. The van der Waals surface area contributed by atoms with Crippen LogP contribution in [0.25, 0.3) is 0 Å². The van der Waals surface area contributed by atoms with Crippen molar-refractivity contribution in [3.8, 4) is 0 Å². The zero-order valence-electron chi connectivity index (χ0n) is 16.5. The van der Waals surface area contributed by atoms with Gasteiger partial charge in [0, 0.05) is 39.8 Å². The largest absolute Gasteiger partial charge is 0.391 e. The Kier molecular flexibility index (Phi) is 6.12. The Hall–Kier alpha value is -1.18. The first kappa shape index (κ1) is 20.1. The lowest BCUT2D eigenvalue weighted by atomic mass is 9.88. The van der Waals surface area contributed by atoms with E-state index in [0.717, 1.165) is 25.9 Å². The Balaban J connectivity index is 2.13. The second kappa shape index (κ2) is 7.60. The van der Waals surface area contributed by atoms with Crippen LogP contribution in [0.5, 0.6) is 0 Å². The molecule has 0 radical (unpaired) electrons. The Bertz CT molecular complexity index is 509. The second-order valence-corrected chi connectivity index (χ2v) is 8.31. The molecule has 0 bridgehead atoms. The third-order valence-corrected chi connectivity index (χ3v) is 5.53. The Morgan fingerprint density at radius 3 is 2.40 bits per heavy atom. The van der Waals surface area contributed by atoms with Gasteiger partial charge in [0.05, 0.1) is 6.10 Å². The molecule has 2 heterocycles. The molecule has 144 valence electrons. The van der Waals surface area contributed by atoms with E-state index in [4.69, 9.17) is 0 Å². The lowest BCUT2D eigenvalue weighted by molar-refractivity contribution is -0.144.